The molecule has 2 saturated heterocycles. The van der Waals surface area contributed by atoms with Crippen LogP contribution in [-0.4, -0.2) is 47.9 Å². The van der Waals surface area contributed by atoms with Crippen molar-refractivity contribution in [2.75, 3.05) is 19.6 Å². The Kier molecular flexibility index (Phi) is 6.18. The number of nitrogens with one attached hydrogen (secondary N) is 1. The van der Waals surface area contributed by atoms with E-state index in [4.69, 9.17) is 0 Å². The van der Waals surface area contributed by atoms with Gasteiger partial charge in [0.25, 0.3) is 12.3 Å². The molecule has 9 heteroatoms. The summed E-state index contributed by atoms with van der Waals surface area (Å²) < 4.78 is 54.5. The Morgan fingerprint density at radius 3 is 2.12 bits per heavy atom. The number of amides is 2. The van der Waals surface area contributed by atoms with Gasteiger partial charge in [-0.2, -0.15) is 0 Å². The predicted octanol–water partition coefficient (Wildman–Crippen LogP) is 3.33. The first kappa shape index (κ1) is 23.2. The van der Waals surface area contributed by atoms with Crippen LogP contribution < -0.4 is 5.32 Å². The maximum Gasteiger partial charge on any atom is 0.280 e. The van der Waals surface area contributed by atoms with Crippen molar-refractivity contribution in [3.63, 3.8) is 0 Å². The molecular formula is C24H24F4N2O3. The van der Waals surface area contributed by atoms with Crippen molar-refractivity contribution < 1.29 is 32.3 Å². The summed E-state index contributed by atoms with van der Waals surface area (Å²) in [6, 6.07) is 9.81. The van der Waals surface area contributed by atoms with E-state index in [1.165, 1.54) is 17.0 Å². The second-order valence-electron chi connectivity index (χ2n) is 8.81. The Morgan fingerprint density at radius 2 is 1.58 bits per heavy atom. The number of hydrogen-bond acceptors (Lipinski definition) is 3. The third-order valence-corrected chi connectivity index (χ3v) is 7.00. The number of alkyl halides is 2. The van der Waals surface area contributed by atoms with Crippen LogP contribution in [0.15, 0.2) is 48.5 Å². The lowest BCUT2D eigenvalue weighted by Crippen LogP contribution is -2.57. The van der Waals surface area contributed by atoms with Gasteiger partial charge >= 0.3 is 0 Å². The largest absolute Gasteiger partial charge is 0.371 e. The smallest absolute Gasteiger partial charge is 0.280 e. The molecule has 4 rings (SSSR count). The van der Waals surface area contributed by atoms with Crippen molar-refractivity contribution in [2.45, 2.75) is 37.2 Å². The van der Waals surface area contributed by atoms with E-state index in [1.807, 2.05) is 0 Å². The number of aliphatic hydroxyl groups is 1. The van der Waals surface area contributed by atoms with E-state index in [-0.39, 0.29) is 42.7 Å². The molecule has 176 valence electrons. The molecule has 0 radical (unpaired) electrons. The molecule has 2 aliphatic rings. The molecule has 2 heterocycles. The molecule has 33 heavy (non-hydrogen) atoms. The summed E-state index contributed by atoms with van der Waals surface area (Å²) in [5.41, 5.74) is -3.15. The predicted molar refractivity (Wildman–Crippen MR) is 111 cm³/mol. The molecule has 2 aliphatic heterocycles. The highest BCUT2D eigenvalue weighted by atomic mass is 19.3. The van der Waals surface area contributed by atoms with Gasteiger partial charge in [-0.25, -0.2) is 17.6 Å². The topological polar surface area (TPSA) is 69.6 Å². The van der Waals surface area contributed by atoms with Gasteiger partial charge in [0.15, 0.2) is 0 Å². The van der Waals surface area contributed by atoms with E-state index in [0.717, 1.165) is 29.8 Å². The number of rotatable bonds is 4. The summed E-state index contributed by atoms with van der Waals surface area (Å²) in [5.74, 6) is -2.47. The number of piperidine rings is 2. The van der Waals surface area contributed by atoms with Crippen molar-refractivity contribution >= 4 is 11.8 Å². The molecule has 2 atom stereocenters. The van der Waals surface area contributed by atoms with Crippen LogP contribution in [0.1, 0.15) is 36.3 Å². The zero-order chi connectivity index (χ0) is 23.8. The monoisotopic (exact) mass is 464 g/mol. The van der Waals surface area contributed by atoms with Crippen molar-refractivity contribution in [1.29, 1.82) is 0 Å². The first-order valence-corrected chi connectivity index (χ1v) is 10.7. The first-order chi connectivity index (χ1) is 15.7. The van der Waals surface area contributed by atoms with Gasteiger partial charge in [0.05, 0.1) is 0 Å². The van der Waals surface area contributed by atoms with E-state index in [9.17, 15) is 32.3 Å². The molecule has 5 nitrogen and oxygen atoms in total. The summed E-state index contributed by atoms with van der Waals surface area (Å²) in [6.45, 7) is 0.495. The van der Waals surface area contributed by atoms with Gasteiger partial charge in [-0.05, 0) is 53.6 Å². The van der Waals surface area contributed by atoms with Crippen molar-refractivity contribution in [2.24, 2.45) is 5.41 Å². The highest BCUT2D eigenvalue weighted by molar-refractivity contribution is 5.87. The third-order valence-electron chi connectivity index (χ3n) is 7.00. The maximum atomic E-state index is 13.9. The van der Waals surface area contributed by atoms with E-state index in [2.05, 4.69) is 5.32 Å². The summed E-state index contributed by atoms with van der Waals surface area (Å²) in [4.78, 5) is 26.5. The van der Waals surface area contributed by atoms with E-state index in [0.29, 0.717) is 19.4 Å². The number of likely N-dealkylation sites (tertiary alicyclic amines) is 1. The average Bonchev–Trinajstić information content (AvgIpc) is 2.80. The van der Waals surface area contributed by atoms with Crippen LogP contribution in [0.2, 0.25) is 0 Å². The number of carbonyl (C=O) groups is 2. The number of halogens is 4. The van der Waals surface area contributed by atoms with Crippen LogP contribution in [0.25, 0.3) is 0 Å². The standard InChI is InChI=1S/C24H24F4N2O3/c25-17-5-1-15(2-6-17)19-14-29-20(31)13-23(19)9-11-30(12-10-23)22(32)24(33,21(27)28)16-3-7-18(26)8-4-16/h1-8,19,21,33H,9-14H2,(H,29,31)/t19-,24-/m0/s1. The van der Waals surface area contributed by atoms with Gasteiger partial charge in [0.1, 0.15) is 11.6 Å². The van der Waals surface area contributed by atoms with Crippen LogP contribution in [0, 0.1) is 17.0 Å². The van der Waals surface area contributed by atoms with Gasteiger partial charge < -0.3 is 15.3 Å². The molecular weight excluding hydrogens is 440 g/mol. The second-order valence-corrected chi connectivity index (χ2v) is 8.81. The summed E-state index contributed by atoms with van der Waals surface area (Å²) in [5, 5.41) is 13.5. The third kappa shape index (κ3) is 4.21. The van der Waals surface area contributed by atoms with E-state index >= 15 is 0 Å². The van der Waals surface area contributed by atoms with Gasteiger partial charge in [-0.15, -0.1) is 0 Å². The molecule has 0 unspecified atom stereocenters. The van der Waals surface area contributed by atoms with E-state index < -0.39 is 29.2 Å². The van der Waals surface area contributed by atoms with Crippen LogP contribution in [0.3, 0.4) is 0 Å². The summed E-state index contributed by atoms with van der Waals surface area (Å²) >= 11 is 0. The number of hydrogen-bond donors (Lipinski definition) is 2. The van der Waals surface area contributed by atoms with Crippen LogP contribution in [0.4, 0.5) is 17.6 Å². The van der Waals surface area contributed by atoms with Gasteiger partial charge in [0.2, 0.25) is 11.5 Å². The highest BCUT2D eigenvalue weighted by Gasteiger charge is 2.52. The van der Waals surface area contributed by atoms with Gasteiger partial charge in [0, 0.05) is 32.0 Å². The molecule has 2 aromatic rings. The van der Waals surface area contributed by atoms with Crippen LogP contribution in [0.5, 0.6) is 0 Å². The van der Waals surface area contributed by atoms with E-state index in [1.54, 1.807) is 12.1 Å². The lowest BCUT2D eigenvalue weighted by molar-refractivity contribution is -0.174. The highest BCUT2D eigenvalue weighted by Crippen LogP contribution is 2.49. The molecule has 0 saturated carbocycles. The Labute approximate surface area is 188 Å². The lowest BCUT2D eigenvalue weighted by atomic mass is 9.62. The minimum atomic E-state index is -3.42. The van der Waals surface area contributed by atoms with Crippen molar-refractivity contribution in [1.82, 2.24) is 10.2 Å². The molecule has 2 N–H and O–H groups in total. The fraction of sp³-hybridized carbons (Fsp3) is 0.417. The second kappa shape index (κ2) is 8.78. The Morgan fingerprint density at radius 1 is 1.03 bits per heavy atom. The first-order valence-electron chi connectivity index (χ1n) is 10.7. The maximum absolute atomic E-state index is 13.9. The minimum Gasteiger partial charge on any atom is -0.371 e. The zero-order valence-electron chi connectivity index (χ0n) is 17.7. The van der Waals surface area contributed by atoms with Gasteiger partial charge in [-0.3, -0.25) is 9.59 Å². The fourth-order valence-corrected chi connectivity index (χ4v) is 5.07. The molecule has 2 aromatic carbocycles. The number of nitrogens with zero attached hydrogens (tertiary/aromatic N) is 1. The fourth-order valence-electron chi connectivity index (χ4n) is 5.07. The molecule has 0 aromatic heterocycles. The molecule has 0 aliphatic carbocycles. The number of benzene rings is 2. The summed E-state index contributed by atoms with van der Waals surface area (Å²) in [6.07, 6.45) is -2.50. The minimum absolute atomic E-state index is 0.0695. The van der Waals surface area contributed by atoms with Crippen molar-refractivity contribution in [3.8, 4) is 0 Å². The lowest BCUT2D eigenvalue weighted by Gasteiger charge is -2.49. The van der Waals surface area contributed by atoms with Crippen molar-refractivity contribution in [3.05, 3.63) is 71.3 Å². The van der Waals surface area contributed by atoms with Crippen LogP contribution >= 0.6 is 0 Å². The molecule has 2 amide bonds. The molecule has 2 fully saturated rings. The van der Waals surface area contributed by atoms with Gasteiger partial charge in [-0.1, -0.05) is 24.3 Å². The normalized spacial score (nSPS) is 22.2. The summed E-state index contributed by atoms with van der Waals surface area (Å²) in [7, 11) is 0. The Hall–Kier alpha value is -2.94. The number of carbonyl (C=O) groups excluding carboxylic acids is 2. The zero-order valence-corrected chi connectivity index (χ0v) is 17.7. The molecule has 1 spiro atoms. The molecule has 0 bridgehead atoms. The average molecular weight is 464 g/mol. The van der Waals surface area contributed by atoms with Crippen LogP contribution in [-0.2, 0) is 15.2 Å². The Bertz CT molecular complexity index is 1020. The SMILES string of the molecule is O=C1CC2(CCN(C(=O)[C@](O)(c3ccc(F)cc3)C(F)F)CC2)[C@H](c2ccc(F)cc2)CN1. The Balaban J connectivity index is 1.56. The quantitative estimate of drug-likeness (QED) is 0.683.